The van der Waals surface area contributed by atoms with Crippen molar-refractivity contribution >= 4 is 40.0 Å². The number of likely N-dealkylation sites (N-methyl/N-ethyl adjacent to an activating group) is 1. The third-order valence-electron chi connectivity index (χ3n) is 5.15. The molecule has 0 bridgehead atoms. The van der Waals surface area contributed by atoms with Crippen LogP contribution in [-0.2, 0) is 10.0 Å². The summed E-state index contributed by atoms with van der Waals surface area (Å²) in [4.78, 5) is 6.66. The number of alkyl halides is 3. The zero-order valence-electron chi connectivity index (χ0n) is 15.4. The smallest absolute Gasteiger partial charge is 0.370 e. The van der Waals surface area contributed by atoms with Crippen LogP contribution in [0.15, 0.2) is 4.99 Å². The molecule has 2 heterocycles. The summed E-state index contributed by atoms with van der Waals surface area (Å²) in [6.45, 7) is 5.07. The Bertz CT molecular complexity index is 595. The van der Waals surface area contributed by atoms with Gasteiger partial charge < -0.3 is 11.1 Å². The summed E-state index contributed by atoms with van der Waals surface area (Å²) >= 11 is 0. The van der Waals surface area contributed by atoms with E-state index in [0.29, 0.717) is 35.7 Å². The summed E-state index contributed by atoms with van der Waals surface area (Å²) in [5.41, 5.74) is 0.638. The highest BCUT2D eigenvalue weighted by atomic mass is 127. The highest BCUT2D eigenvalue weighted by Crippen LogP contribution is 2.30. The van der Waals surface area contributed by atoms with Crippen molar-refractivity contribution in [1.29, 1.82) is 0 Å². The first-order chi connectivity index (χ1) is 12.1. The molecule has 0 aromatic rings. The predicted octanol–water partition coefficient (Wildman–Crippen LogP) is 1.55. The third kappa shape index (κ3) is 6.60. The number of nitrogens with one attached hydrogen (secondary N) is 1. The van der Waals surface area contributed by atoms with E-state index in [1.165, 1.54) is 6.42 Å². The molecule has 1 atom stereocenters. The molecule has 2 fully saturated rings. The zero-order chi connectivity index (χ0) is 19.4. The van der Waals surface area contributed by atoms with Crippen LogP contribution < -0.4 is 11.1 Å². The Balaban J connectivity index is 0.00000364. The monoisotopic (exact) mass is 527 g/mol. The predicted molar refractivity (Wildman–Crippen MR) is 109 cm³/mol. The molecular formula is C15H29F3IN5O2S. The summed E-state index contributed by atoms with van der Waals surface area (Å²) < 4.78 is 60.9. The molecule has 0 aromatic carbocycles. The summed E-state index contributed by atoms with van der Waals surface area (Å²) in [5, 5.41) is 3.11. The Labute approximate surface area is 176 Å². The van der Waals surface area contributed by atoms with Crippen molar-refractivity contribution < 1.29 is 21.6 Å². The molecule has 0 radical (unpaired) electrons. The maximum Gasteiger partial charge on any atom is 0.511 e. The van der Waals surface area contributed by atoms with Gasteiger partial charge in [-0.05, 0) is 44.7 Å². The van der Waals surface area contributed by atoms with Crippen LogP contribution in [0.3, 0.4) is 0 Å². The van der Waals surface area contributed by atoms with E-state index in [1.807, 2.05) is 0 Å². The Morgan fingerprint density at radius 1 is 1.22 bits per heavy atom. The van der Waals surface area contributed by atoms with Crippen LogP contribution in [0.1, 0.15) is 32.6 Å². The van der Waals surface area contributed by atoms with Crippen LogP contribution in [0.5, 0.6) is 0 Å². The minimum Gasteiger partial charge on any atom is -0.370 e. The van der Waals surface area contributed by atoms with E-state index in [-0.39, 0.29) is 43.0 Å². The number of halogens is 4. The second-order valence-corrected chi connectivity index (χ2v) is 8.75. The lowest BCUT2D eigenvalue weighted by atomic mass is 9.98. The third-order valence-corrected chi connectivity index (χ3v) is 6.78. The average molecular weight is 527 g/mol. The van der Waals surface area contributed by atoms with E-state index in [0.717, 1.165) is 26.1 Å². The van der Waals surface area contributed by atoms with Gasteiger partial charge in [0.05, 0.1) is 0 Å². The van der Waals surface area contributed by atoms with Gasteiger partial charge in [-0.3, -0.25) is 9.89 Å². The van der Waals surface area contributed by atoms with Crippen molar-refractivity contribution in [1.82, 2.24) is 14.5 Å². The summed E-state index contributed by atoms with van der Waals surface area (Å²) in [6.07, 6.45) is 2.99. The zero-order valence-corrected chi connectivity index (χ0v) is 18.6. The number of likely N-dealkylation sites (tertiary alicyclic amines) is 1. The molecule has 0 saturated carbocycles. The number of hydrogen-bond donors (Lipinski definition) is 2. The quantitative estimate of drug-likeness (QED) is 0.311. The summed E-state index contributed by atoms with van der Waals surface area (Å²) in [7, 11) is -5.22. The molecular weight excluding hydrogens is 498 g/mol. The van der Waals surface area contributed by atoms with Gasteiger partial charge in [0.1, 0.15) is 0 Å². The molecule has 2 aliphatic heterocycles. The molecule has 0 amide bonds. The first-order valence-corrected chi connectivity index (χ1v) is 10.4. The van der Waals surface area contributed by atoms with E-state index in [4.69, 9.17) is 5.73 Å². The van der Waals surface area contributed by atoms with Gasteiger partial charge in [0.2, 0.25) is 0 Å². The van der Waals surface area contributed by atoms with Gasteiger partial charge in [0, 0.05) is 32.2 Å². The average Bonchev–Trinajstić information content (AvgIpc) is 3.05. The number of aliphatic imine (C=N–C) groups is 1. The first kappa shape index (κ1) is 24.7. The number of nitrogens with two attached hydrogens (primary N) is 1. The molecule has 2 saturated heterocycles. The fourth-order valence-electron chi connectivity index (χ4n) is 3.53. The lowest BCUT2D eigenvalue weighted by Gasteiger charge is -2.30. The van der Waals surface area contributed by atoms with E-state index in [2.05, 4.69) is 22.1 Å². The molecule has 2 aliphatic rings. The second kappa shape index (κ2) is 10.4. The van der Waals surface area contributed by atoms with Crippen molar-refractivity contribution in [3.63, 3.8) is 0 Å². The molecule has 7 nitrogen and oxygen atoms in total. The molecule has 0 spiro atoms. The highest BCUT2D eigenvalue weighted by molar-refractivity contribution is 14.0. The fraction of sp³-hybridized carbons (Fsp3) is 0.933. The van der Waals surface area contributed by atoms with Crippen molar-refractivity contribution in [3.8, 4) is 0 Å². The van der Waals surface area contributed by atoms with E-state index in [9.17, 15) is 21.6 Å². The van der Waals surface area contributed by atoms with Gasteiger partial charge in [-0.15, -0.1) is 24.0 Å². The van der Waals surface area contributed by atoms with Gasteiger partial charge in [-0.1, -0.05) is 6.92 Å². The van der Waals surface area contributed by atoms with Crippen molar-refractivity contribution in [3.05, 3.63) is 0 Å². The molecule has 27 heavy (non-hydrogen) atoms. The Hall–Kier alpha value is -0.340. The minimum absolute atomic E-state index is 0. The van der Waals surface area contributed by atoms with Crippen LogP contribution in [0.4, 0.5) is 13.2 Å². The standard InChI is InChI=1S/C15H28F3N5O2S.HI/c1-2-22-7-3-4-13(22)11-21-14(19)20-10-12-5-8-23(9-6-12)26(24,25)15(16,17)18;/h12-13H,2-11H2,1H3,(H3,19,20,21);1H. The van der Waals surface area contributed by atoms with Crippen LogP contribution in [0.25, 0.3) is 0 Å². The SMILES string of the molecule is CCN1CCCC1CNC(N)=NCC1CCN(S(=O)(=O)C(F)(F)F)CC1.I. The van der Waals surface area contributed by atoms with Crippen molar-refractivity contribution in [2.45, 2.75) is 44.2 Å². The molecule has 12 heteroatoms. The topological polar surface area (TPSA) is 91.0 Å². The van der Waals surface area contributed by atoms with E-state index >= 15 is 0 Å². The highest BCUT2D eigenvalue weighted by Gasteiger charge is 2.50. The molecule has 0 aromatic heterocycles. The number of hydrogen-bond acceptors (Lipinski definition) is 4. The van der Waals surface area contributed by atoms with E-state index in [1.54, 1.807) is 0 Å². The molecule has 3 N–H and O–H groups in total. The van der Waals surface area contributed by atoms with E-state index < -0.39 is 15.5 Å². The molecule has 0 aliphatic carbocycles. The number of sulfonamides is 1. The Morgan fingerprint density at radius 3 is 2.41 bits per heavy atom. The maximum absolute atomic E-state index is 12.6. The van der Waals surface area contributed by atoms with Gasteiger partial charge in [-0.25, -0.2) is 8.42 Å². The lowest BCUT2D eigenvalue weighted by molar-refractivity contribution is -0.0496. The minimum atomic E-state index is -5.24. The number of guanidine groups is 1. The molecule has 2 rings (SSSR count). The Kier molecular flexibility index (Phi) is 9.55. The van der Waals surface area contributed by atoms with Crippen molar-refractivity contribution in [2.24, 2.45) is 16.6 Å². The Morgan fingerprint density at radius 2 is 1.85 bits per heavy atom. The normalized spacial score (nSPS) is 24.0. The number of rotatable bonds is 6. The van der Waals surface area contributed by atoms with Gasteiger partial charge >= 0.3 is 15.5 Å². The second-order valence-electron chi connectivity index (χ2n) is 6.82. The largest absolute Gasteiger partial charge is 0.511 e. The van der Waals surface area contributed by atoms with Gasteiger partial charge in [-0.2, -0.15) is 17.5 Å². The maximum atomic E-state index is 12.6. The fourth-order valence-corrected chi connectivity index (χ4v) is 4.51. The summed E-state index contributed by atoms with van der Waals surface area (Å²) in [6, 6.07) is 0.449. The van der Waals surface area contributed by atoms with Crippen LogP contribution in [0.2, 0.25) is 0 Å². The van der Waals surface area contributed by atoms with Crippen molar-refractivity contribution in [2.75, 3.05) is 39.3 Å². The lowest BCUT2D eigenvalue weighted by Crippen LogP contribution is -2.45. The van der Waals surface area contributed by atoms with Gasteiger partial charge in [0.25, 0.3) is 0 Å². The molecule has 160 valence electrons. The van der Waals surface area contributed by atoms with Crippen LogP contribution in [-0.4, -0.2) is 74.4 Å². The van der Waals surface area contributed by atoms with Gasteiger partial charge in [0.15, 0.2) is 5.96 Å². The molecule has 1 unspecified atom stereocenters. The number of piperidine rings is 1. The number of nitrogens with zero attached hydrogens (tertiary/aromatic N) is 3. The van der Waals surface area contributed by atoms with Crippen LogP contribution >= 0.6 is 24.0 Å². The first-order valence-electron chi connectivity index (χ1n) is 8.99. The van der Waals surface area contributed by atoms with Crippen LogP contribution in [0, 0.1) is 5.92 Å². The summed E-state index contributed by atoms with van der Waals surface area (Å²) in [5.74, 6) is 0.368.